The van der Waals surface area contributed by atoms with E-state index in [-0.39, 0.29) is 6.04 Å². The third-order valence-corrected chi connectivity index (χ3v) is 6.25. The molecule has 1 aliphatic heterocycles. The largest absolute Gasteiger partial charge is 0.496 e. The van der Waals surface area contributed by atoms with Crippen molar-refractivity contribution in [3.05, 3.63) is 58.1 Å². The van der Waals surface area contributed by atoms with Crippen molar-refractivity contribution in [2.24, 2.45) is 0 Å². The second-order valence-corrected chi connectivity index (χ2v) is 8.46. The van der Waals surface area contributed by atoms with Crippen LogP contribution in [0.5, 0.6) is 5.75 Å². The highest BCUT2D eigenvalue weighted by molar-refractivity contribution is 9.10. The number of carbonyl (C=O) groups is 1. The Morgan fingerprint density at radius 1 is 1.33 bits per heavy atom. The molecule has 0 radical (unpaired) electrons. The number of rotatable bonds is 7. The first-order chi connectivity index (χ1) is 13.0. The van der Waals surface area contributed by atoms with E-state index in [0.29, 0.717) is 0 Å². The molecule has 1 heterocycles. The van der Waals surface area contributed by atoms with Crippen LogP contribution in [-0.4, -0.2) is 42.3 Å². The highest BCUT2D eigenvalue weighted by Crippen LogP contribution is 2.32. The maximum absolute atomic E-state index is 10.8. The van der Waals surface area contributed by atoms with Gasteiger partial charge in [-0.05, 0) is 36.2 Å². The average Bonchev–Trinajstić information content (AvgIpc) is 3.07. The first-order valence-electron chi connectivity index (χ1n) is 8.80. The first-order valence-corrected chi connectivity index (χ1v) is 10.6. The van der Waals surface area contributed by atoms with Gasteiger partial charge < -0.3 is 15.2 Å². The maximum Gasteiger partial charge on any atom is 0.404 e. The number of amides is 1. The van der Waals surface area contributed by atoms with E-state index in [1.807, 2.05) is 12.1 Å². The predicted octanol–water partition coefficient (Wildman–Crippen LogP) is 4.59. The lowest BCUT2D eigenvalue weighted by atomic mass is 10.2. The number of methoxy groups -OCH3 is 1. The third-order valence-electron chi connectivity index (χ3n) is 4.59. The van der Waals surface area contributed by atoms with Crippen molar-refractivity contribution in [1.29, 1.82) is 0 Å². The number of thioether (sulfide) groups is 1. The molecule has 0 aromatic heterocycles. The molecule has 7 heteroatoms. The smallest absolute Gasteiger partial charge is 0.404 e. The Bertz CT molecular complexity index is 803. The zero-order valence-electron chi connectivity index (χ0n) is 15.2. The van der Waals surface area contributed by atoms with Crippen molar-refractivity contribution in [3.8, 4) is 5.75 Å². The molecule has 1 atom stereocenters. The van der Waals surface area contributed by atoms with Crippen LogP contribution in [0.3, 0.4) is 0 Å². The van der Waals surface area contributed by atoms with Gasteiger partial charge in [0.2, 0.25) is 0 Å². The van der Waals surface area contributed by atoms with Crippen molar-refractivity contribution in [1.82, 2.24) is 10.2 Å². The van der Waals surface area contributed by atoms with Gasteiger partial charge in [0.1, 0.15) is 5.75 Å². The minimum Gasteiger partial charge on any atom is -0.496 e. The fraction of sp³-hybridized carbons (Fsp3) is 0.350. The molecule has 27 heavy (non-hydrogen) atoms. The Hall–Kier alpha value is -1.70. The molecule has 2 aromatic carbocycles. The molecular weight excluding hydrogens is 428 g/mol. The summed E-state index contributed by atoms with van der Waals surface area (Å²) in [6, 6.07) is 14.5. The van der Waals surface area contributed by atoms with E-state index in [9.17, 15) is 4.79 Å². The van der Waals surface area contributed by atoms with Gasteiger partial charge in [-0.2, -0.15) is 0 Å². The monoisotopic (exact) mass is 450 g/mol. The molecule has 1 unspecified atom stereocenters. The second-order valence-electron chi connectivity index (χ2n) is 6.52. The van der Waals surface area contributed by atoms with Crippen molar-refractivity contribution in [2.75, 3.05) is 20.2 Å². The molecular formula is C20H23BrN2O3S. The summed E-state index contributed by atoms with van der Waals surface area (Å²) in [5, 5.41) is 11.5. The topological polar surface area (TPSA) is 61.8 Å². The summed E-state index contributed by atoms with van der Waals surface area (Å²) in [6.07, 6.45) is -0.0857. The van der Waals surface area contributed by atoms with E-state index < -0.39 is 6.09 Å². The second kappa shape index (κ2) is 9.48. The summed E-state index contributed by atoms with van der Waals surface area (Å²) < 4.78 is 6.52. The molecule has 1 saturated heterocycles. The lowest BCUT2D eigenvalue weighted by Gasteiger charge is -2.18. The Morgan fingerprint density at radius 2 is 2.15 bits per heavy atom. The van der Waals surface area contributed by atoms with E-state index in [4.69, 9.17) is 9.84 Å². The zero-order valence-corrected chi connectivity index (χ0v) is 17.6. The van der Waals surface area contributed by atoms with E-state index in [0.717, 1.165) is 47.6 Å². The van der Waals surface area contributed by atoms with Gasteiger partial charge in [0.25, 0.3) is 0 Å². The number of hydrogen-bond acceptors (Lipinski definition) is 4. The highest BCUT2D eigenvalue weighted by atomic mass is 79.9. The van der Waals surface area contributed by atoms with Gasteiger partial charge >= 0.3 is 6.09 Å². The van der Waals surface area contributed by atoms with Crippen LogP contribution in [0.4, 0.5) is 4.79 Å². The van der Waals surface area contributed by atoms with Gasteiger partial charge in [0.15, 0.2) is 0 Å². The number of nitrogens with zero attached hydrogens (tertiary/aromatic N) is 1. The van der Waals surface area contributed by atoms with Crippen LogP contribution in [0.2, 0.25) is 0 Å². The fourth-order valence-electron chi connectivity index (χ4n) is 3.30. The van der Waals surface area contributed by atoms with E-state index >= 15 is 0 Å². The van der Waals surface area contributed by atoms with E-state index in [1.54, 1.807) is 18.9 Å². The van der Waals surface area contributed by atoms with Gasteiger partial charge in [0, 0.05) is 46.4 Å². The molecule has 0 saturated carbocycles. The quantitative estimate of drug-likeness (QED) is 0.603. The molecule has 2 aromatic rings. The SMILES string of the molecule is COc1ccc(Br)cc1CSc1ccccc1CN1CCC(NC(=O)O)C1. The van der Waals surface area contributed by atoms with Crippen molar-refractivity contribution >= 4 is 33.8 Å². The fourth-order valence-corrected chi connectivity index (χ4v) is 4.74. The van der Waals surface area contributed by atoms with E-state index in [2.05, 4.69) is 56.5 Å². The van der Waals surface area contributed by atoms with Crippen LogP contribution in [0.25, 0.3) is 0 Å². The molecule has 0 bridgehead atoms. The van der Waals surface area contributed by atoms with Gasteiger partial charge in [-0.3, -0.25) is 4.90 Å². The molecule has 5 nitrogen and oxygen atoms in total. The van der Waals surface area contributed by atoms with Crippen molar-refractivity contribution < 1.29 is 14.6 Å². The van der Waals surface area contributed by atoms with E-state index in [1.165, 1.54) is 10.5 Å². The predicted molar refractivity (Wildman–Crippen MR) is 112 cm³/mol. The minimum absolute atomic E-state index is 0.0215. The standard InChI is InChI=1S/C20H23BrN2O3S/c1-26-18-7-6-16(21)10-15(18)13-27-19-5-3-2-4-14(19)11-23-9-8-17(12-23)22-20(24)25/h2-7,10,17,22H,8-9,11-13H2,1H3,(H,24,25). The Morgan fingerprint density at radius 3 is 2.93 bits per heavy atom. The zero-order chi connectivity index (χ0) is 19.2. The molecule has 0 aliphatic carbocycles. The number of hydrogen-bond donors (Lipinski definition) is 2. The Balaban J connectivity index is 1.65. The number of benzene rings is 2. The van der Waals surface area contributed by atoms with Gasteiger partial charge in [-0.25, -0.2) is 4.79 Å². The van der Waals surface area contributed by atoms with Gasteiger partial charge in [-0.15, -0.1) is 11.8 Å². The molecule has 3 rings (SSSR count). The third kappa shape index (κ3) is 5.64. The molecule has 1 fully saturated rings. The Labute approximate surface area is 172 Å². The summed E-state index contributed by atoms with van der Waals surface area (Å²) in [5.41, 5.74) is 2.42. The minimum atomic E-state index is -0.944. The van der Waals surface area contributed by atoms with Gasteiger partial charge in [0.05, 0.1) is 7.11 Å². The van der Waals surface area contributed by atoms with Crippen LogP contribution < -0.4 is 10.1 Å². The van der Waals surface area contributed by atoms with Crippen LogP contribution in [0, 0.1) is 0 Å². The molecule has 144 valence electrons. The summed E-state index contributed by atoms with van der Waals surface area (Å²) in [6.45, 7) is 2.49. The average molecular weight is 451 g/mol. The lowest BCUT2D eigenvalue weighted by molar-refractivity contribution is 0.189. The Kier molecular flexibility index (Phi) is 7.04. The van der Waals surface area contributed by atoms with Crippen LogP contribution in [0.15, 0.2) is 51.8 Å². The summed E-state index contributed by atoms with van der Waals surface area (Å²) in [4.78, 5) is 14.4. The lowest BCUT2D eigenvalue weighted by Crippen LogP contribution is -2.35. The summed E-state index contributed by atoms with van der Waals surface area (Å²) >= 11 is 5.32. The molecule has 2 N–H and O–H groups in total. The first kappa shape index (κ1) is 20.0. The van der Waals surface area contributed by atoms with Crippen molar-refractivity contribution in [2.45, 2.75) is 29.7 Å². The number of ether oxygens (including phenoxy) is 1. The van der Waals surface area contributed by atoms with Crippen LogP contribution in [0.1, 0.15) is 17.5 Å². The molecule has 1 amide bonds. The van der Waals surface area contributed by atoms with Crippen molar-refractivity contribution in [3.63, 3.8) is 0 Å². The summed E-state index contributed by atoms with van der Waals surface area (Å²) in [7, 11) is 1.69. The summed E-state index contributed by atoms with van der Waals surface area (Å²) in [5.74, 6) is 1.72. The number of nitrogens with one attached hydrogen (secondary N) is 1. The molecule has 0 spiro atoms. The normalized spacial score (nSPS) is 17.0. The van der Waals surface area contributed by atoms with Crippen LogP contribution in [-0.2, 0) is 12.3 Å². The number of carboxylic acid groups (broad SMARTS) is 1. The molecule has 1 aliphatic rings. The number of halogens is 1. The maximum atomic E-state index is 10.8. The van der Waals surface area contributed by atoms with Gasteiger partial charge in [-0.1, -0.05) is 34.1 Å². The number of likely N-dealkylation sites (tertiary alicyclic amines) is 1. The highest BCUT2D eigenvalue weighted by Gasteiger charge is 2.24. The van der Waals surface area contributed by atoms with Crippen LogP contribution >= 0.6 is 27.7 Å².